The van der Waals surface area contributed by atoms with E-state index in [0.717, 1.165) is 30.6 Å². The molecule has 4 heteroatoms. The van der Waals surface area contributed by atoms with E-state index in [4.69, 9.17) is 10.00 Å². The van der Waals surface area contributed by atoms with Crippen LogP contribution in [-0.2, 0) is 6.42 Å². The van der Waals surface area contributed by atoms with Crippen LogP contribution in [0.3, 0.4) is 0 Å². The number of anilines is 1. The Bertz CT molecular complexity index is 884. The molecule has 0 aliphatic heterocycles. The number of nitrogens with zero attached hydrogens (tertiary/aromatic N) is 2. The molecule has 4 nitrogen and oxygen atoms in total. The maximum atomic E-state index is 8.66. The van der Waals surface area contributed by atoms with Gasteiger partial charge in [-0.1, -0.05) is 61.2 Å². The molecule has 0 spiro atoms. The predicted molar refractivity (Wildman–Crippen MR) is 112 cm³/mol. The quantitative estimate of drug-likeness (QED) is 0.741. The zero-order chi connectivity index (χ0) is 18.9. The SMILES string of the molecule is C=Cc1cc(NC2CC=CC(Cc3ccccc3)=CC2)ncc1OCC#N.[HH]. The molecule has 0 fully saturated rings. The smallest absolute Gasteiger partial charge is 0.174 e. The number of allylic oxidation sites excluding steroid dienone is 2. The molecule has 1 aromatic heterocycles. The Hall–Kier alpha value is -3.32. The first-order valence-electron chi connectivity index (χ1n) is 9.06. The number of ether oxygens (including phenoxy) is 1. The first kappa shape index (κ1) is 18.5. The molecule has 2 aromatic rings. The minimum absolute atomic E-state index is 0. The molecule has 0 saturated heterocycles. The standard InChI is InChI=1S/C23H23N3O.H2/c1-2-20-16-23(25-17-22(20)27-14-13-24)26-21-10-6-9-19(11-12-21)15-18-7-4-3-5-8-18;/h2-9,11,16-17,21H,1,10,12,14-15H2,(H,25,26);1H. The zero-order valence-electron chi connectivity index (χ0n) is 15.3. The van der Waals surface area contributed by atoms with Crippen LogP contribution in [0.2, 0.25) is 0 Å². The van der Waals surface area contributed by atoms with Gasteiger partial charge in [0.25, 0.3) is 0 Å². The highest BCUT2D eigenvalue weighted by atomic mass is 16.5. The maximum Gasteiger partial charge on any atom is 0.174 e. The number of nitriles is 1. The monoisotopic (exact) mass is 359 g/mol. The van der Waals surface area contributed by atoms with Gasteiger partial charge < -0.3 is 10.1 Å². The zero-order valence-corrected chi connectivity index (χ0v) is 15.3. The predicted octanol–water partition coefficient (Wildman–Crippen LogP) is 5.17. The number of benzene rings is 1. The van der Waals surface area contributed by atoms with Gasteiger partial charge in [-0.05, 0) is 36.5 Å². The first-order valence-corrected chi connectivity index (χ1v) is 9.06. The van der Waals surface area contributed by atoms with Crippen LogP contribution in [0.5, 0.6) is 5.75 Å². The average molecular weight is 359 g/mol. The lowest BCUT2D eigenvalue weighted by molar-refractivity contribution is 0.366. The van der Waals surface area contributed by atoms with Gasteiger partial charge in [0, 0.05) is 13.0 Å². The molecule has 1 aromatic carbocycles. The van der Waals surface area contributed by atoms with Gasteiger partial charge in [0.15, 0.2) is 6.61 Å². The lowest BCUT2D eigenvalue weighted by atomic mass is 10.0. The van der Waals surface area contributed by atoms with Crippen molar-refractivity contribution in [3.8, 4) is 11.8 Å². The summed E-state index contributed by atoms with van der Waals surface area (Å²) in [4.78, 5) is 4.41. The molecule has 1 N–H and O–H groups in total. The van der Waals surface area contributed by atoms with E-state index in [2.05, 4.69) is 59.4 Å². The fraction of sp³-hybridized carbons (Fsp3) is 0.217. The molecule has 138 valence electrons. The highest BCUT2D eigenvalue weighted by molar-refractivity contribution is 5.59. The van der Waals surface area contributed by atoms with Crippen molar-refractivity contribution in [3.05, 3.63) is 84.1 Å². The summed E-state index contributed by atoms with van der Waals surface area (Å²) >= 11 is 0. The first-order chi connectivity index (χ1) is 13.3. The van der Waals surface area contributed by atoms with Crippen LogP contribution >= 0.6 is 0 Å². The molecule has 0 radical (unpaired) electrons. The van der Waals surface area contributed by atoms with E-state index in [-0.39, 0.29) is 14.1 Å². The summed E-state index contributed by atoms with van der Waals surface area (Å²) in [5.74, 6) is 1.36. The second kappa shape index (κ2) is 9.40. The van der Waals surface area contributed by atoms with Gasteiger partial charge in [0.05, 0.1) is 6.20 Å². The third-order valence-electron chi connectivity index (χ3n) is 4.43. The third-order valence-corrected chi connectivity index (χ3v) is 4.43. The Balaban J connectivity index is 0.00000280. The Morgan fingerprint density at radius 3 is 2.96 bits per heavy atom. The molecule has 0 bridgehead atoms. The molecule has 1 atom stereocenters. The highest BCUT2D eigenvalue weighted by Crippen LogP contribution is 2.24. The summed E-state index contributed by atoms with van der Waals surface area (Å²) in [6.45, 7) is 3.81. The van der Waals surface area contributed by atoms with Gasteiger partial charge in [0.1, 0.15) is 17.6 Å². The van der Waals surface area contributed by atoms with Crippen molar-refractivity contribution in [1.82, 2.24) is 4.98 Å². The van der Waals surface area contributed by atoms with E-state index in [1.54, 1.807) is 12.3 Å². The molecule has 3 rings (SSSR count). The lowest BCUT2D eigenvalue weighted by Crippen LogP contribution is -2.18. The van der Waals surface area contributed by atoms with Crippen molar-refractivity contribution in [1.29, 1.82) is 5.26 Å². The number of rotatable bonds is 7. The van der Waals surface area contributed by atoms with E-state index in [1.165, 1.54) is 11.1 Å². The minimum atomic E-state index is -0.00228. The Morgan fingerprint density at radius 1 is 1.33 bits per heavy atom. The van der Waals surface area contributed by atoms with Crippen LogP contribution < -0.4 is 10.1 Å². The minimum Gasteiger partial charge on any atom is -0.477 e. The van der Waals surface area contributed by atoms with Crippen molar-refractivity contribution in [2.75, 3.05) is 11.9 Å². The van der Waals surface area contributed by atoms with Gasteiger partial charge in [-0.15, -0.1) is 0 Å². The van der Waals surface area contributed by atoms with Crippen molar-refractivity contribution in [2.45, 2.75) is 25.3 Å². The van der Waals surface area contributed by atoms with E-state index in [1.807, 2.05) is 18.2 Å². The largest absolute Gasteiger partial charge is 0.477 e. The van der Waals surface area contributed by atoms with Gasteiger partial charge >= 0.3 is 0 Å². The van der Waals surface area contributed by atoms with E-state index in [9.17, 15) is 0 Å². The number of hydrogen-bond acceptors (Lipinski definition) is 4. The lowest BCUT2D eigenvalue weighted by Gasteiger charge is -2.16. The van der Waals surface area contributed by atoms with Crippen LogP contribution in [0.15, 0.2) is 73.0 Å². The molecule has 0 amide bonds. The summed E-state index contributed by atoms with van der Waals surface area (Å²) in [5.41, 5.74) is 3.49. The topological polar surface area (TPSA) is 57.9 Å². The number of hydrogen-bond donors (Lipinski definition) is 1. The Morgan fingerprint density at radius 2 is 2.19 bits per heavy atom. The molecule has 1 heterocycles. The summed E-state index contributed by atoms with van der Waals surface area (Å²) in [5, 5.41) is 12.1. The van der Waals surface area contributed by atoms with Crippen LogP contribution in [0.25, 0.3) is 6.08 Å². The summed E-state index contributed by atoms with van der Waals surface area (Å²) in [6, 6.07) is 14.7. The molecular formula is C23H25N3O. The number of pyridine rings is 1. The van der Waals surface area contributed by atoms with E-state index in [0.29, 0.717) is 5.75 Å². The molecule has 27 heavy (non-hydrogen) atoms. The van der Waals surface area contributed by atoms with Crippen molar-refractivity contribution >= 4 is 11.9 Å². The normalized spacial score (nSPS) is 16.0. The van der Waals surface area contributed by atoms with Crippen LogP contribution in [0.4, 0.5) is 5.82 Å². The van der Waals surface area contributed by atoms with E-state index >= 15 is 0 Å². The molecular weight excluding hydrogens is 334 g/mol. The fourth-order valence-electron chi connectivity index (χ4n) is 3.06. The molecule has 1 aliphatic rings. The fourth-order valence-corrected chi connectivity index (χ4v) is 3.06. The van der Waals surface area contributed by atoms with E-state index < -0.39 is 0 Å². The summed E-state index contributed by atoms with van der Waals surface area (Å²) in [6.07, 6.45) is 12.9. The van der Waals surface area contributed by atoms with Crippen LogP contribution in [0, 0.1) is 11.3 Å². The maximum absolute atomic E-state index is 8.66. The summed E-state index contributed by atoms with van der Waals surface area (Å²) in [7, 11) is 0. The Kier molecular flexibility index (Phi) is 6.43. The van der Waals surface area contributed by atoms with Crippen molar-refractivity contribution < 1.29 is 6.16 Å². The second-order valence-electron chi connectivity index (χ2n) is 6.41. The highest BCUT2D eigenvalue weighted by Gasteiger charge is 2.11. The second-order valence-corrected chi connectivity index (χ2v) is 6.41. The van der Waals surface area contributed by atoms with Gasteiger partial charge in [-0.3, -0.25) is 0 Å². The van der Waals surface area contributed by atoms with Crippen LogP contribution in [0.1, 0.15) is 25.4 Å². The van der Waals surface area contributed by atoms with Crippen molar-refractivity contribution in [2.24, 2.45) is 0 Å². The average Bonchev–Trinajstić information content (AvgIpc) is 2.92. The van der Waals surface area contributed by atoms with Crippen molar-refractivity contribution in [3.63, 3.8) is 0 Å². The number of aromatic nitrogens is 1. The van der Waals surface area contributed by atoms with Crippen LogP contribution in [-0.4, -0.2) is 17.6 Å². The molecule has 1 aliphatic carbocycles. The van der Waals surface area contributed by atoms with Gasteiger partial charge in [-0.25, -0.2) is 4.98 Å². The van der Waals surface area contributed by atoms with Gasteiger partial charge in [0.2, 0.25) is 0 Å². The molecule has 1 unspecified atom stereocenters. The Labute approximate surface area is 162 Å². The van der Waals surface area contributed by atoms with Gasteiger partial charge in [-0.2, -0.15) is 5.26 Å². The summed E-state index contributed by atoms with van der Waals surface area (Å²) < 4.78 is 5.37. The third kappa shape index (κ3) is 5.32. The molecule has 0 saturated carbocycles. The number of nitrogens with one attached hydrogen (secondary N) is 1.